The molecule has 4 nitrogen and oxygen atoms in total. The molecule has 1 N–H and O–H groups in total. The van der Waals surface area contributed by atoms with Gasteiger partial charge in [0.15, 0.2) is 0 Å². The van der Waals surface area contributed by atoms with Gasteiger partial charge in [0.1, 0.15) is 0 Å². The van der Waals surface area contributed by atoms with Gasteiger partial charge in [-0.25, -0.2) is 0 Å². The number of nitrogens with zero attached hydrogens (tertiary/aromatic N) is 1. The highest BCUT2D eigenvalue weighted by Gasteiger charge is 2.35. The number of amides is 2. The Morgan fingerprint density at radius 2 is 1.71 bits per heavy atom. The molecular weight excluding hydrogens is 218 g/mol. The van der Waals surface area contributed by atoms with Crippen LogP contribution in [0.5, 0.6) is 0 Å². The molecule has 0 saturated heterocycles. The Morgan fingerprint density at radius 1 is 1.18 bits per heavy atom. The number of carbonyl (C=O) groups is 2. The minimum atomic E-state index is -0.637. The number of rotatable bonds is 4. The van der Waals surface area contributed by atoms with Gasteiger partial charge in [-0.15, -0.1) is 0 Å². The predicted molar refractivity (Wildman–Crippen MR) is 62.7 cm³/mol. The van der Waals surface area contributed by atoms with Gasteiger partial charge >= 0.3 is 0 Å². The van der Waals surface area contributed by atoms with Gasteiger partial charge in [-0.3, -0.25) is 14.5 Å². The first-order valence-electron chi connectivity index (χ1n) is 5.78. The minimum Gasteiger partial charge on any atom is -0.391 e. The standard InChI is InChI=1S/C13H15NO3/c1-2-5-9(15)8-14-12(16)10-6-3-4-7-11(10)13(14)17/h3-4,6-7,9,15H,2,5,8H2,1H3/t9-/m1/s1. The van der Waals surface area contributed by atoms with Crippen LogP contribution in [-0.4, -0.2) is 34.5 Å². The van der Waals surface area contributed by atoms with Crippen molar-refractivity contribution in [1.82, 2.24) is 4.90 Å². The van der Waals surface area contributed by atoms with Crippen molar-refractivity contribution in [3.8, 4) is 0 Å². The maximum atomic E-state index is 11.9. The number of imide groups is 1. The van der Waals surface area contributed by atoms with E-state index in [0.29, 0.717) is 17.5 Å². The second-order valence-corrected chi connectivity index (χ2v) is 4.21. The van der Waals surface area contributed by atoms with Gasteiger partial charge < -0.3 is 5.11 Å². The van der Waals surface area contributed by atoms with Crippen LogP contribution in [0.3, 0.4) is 0 Å². The molecule has 0 saturated carbocycles. The molecule has 2 rings (SSSR count). The van der Waals surface area contributed by atoms with Crippen molar-refractivity contribution in [3.05, 3.63) is 35.4 Å². The molecule has 0 spiro atoms. The number of aliphatic hydroxyl groups excluding tert-OH is 1. The summed E-state index contributed by atoms with van der Waals surface area (Å²) in [4.78, 5) is 25.0. The third kappa shape index (κ3) is 2.08. The Morgan fingerprint density at radius 3 is 2.18 bits per heavy atom. The van der Waals surface area contributed by atoms with E-state index in [-0.39, 0.29) is 18.4 Å². The van der Waals surface area contributed by atoms with Crippen molar-refractivity contribution < 1.29 is 14.7 Å². The predicted octanol–water partition coefficient (Wildman–Crippen LogP) is 1.44. The number of β-amino-alcohol motifs (C(OH)–C–C–N with tert-alkyl or cyclic N) is 1. The third-order valence-corrected chi connectivity index (χ3v) is 2.89. The van der Waals surface area contributed by atoms with Crippen LogP contribution in [0.15, 0.2) is 24.3 Å². The number of hydrogen-bond acceptors (Lipinski definition) is 3. The van der Waals surface area contributed by atoms with Gasteiger partial charge in [0, 0.05) is 0 Å². The minimum absolute atomic E-state index is 0.0835. The maximum Gasteiger partial charge on any atom is 0.261 e. The smallest absolute Gasteiger partial charge is 0.261 e. The van der Waals surface area contributed by atoms with E-state index in [4.69, 9.17) is 0 Å². The molecule has 0 aromatic heterocycles. The molecule has 2 amide bonds. The SMILES string of the molecule is CCC[C@@H](O)CN1C(=O)c2ccccc2C1=O. The Labute approximate surface area is 99.9 Å². The summed E-state index contributed by atoms with van der Waals surface area (Å²) in [6, 6.07) is 6.75. The summed E-state index contributed by atoms with van der Waals surface area (Å²) in [5.74, 6) is -0.610. The maximum absolute atomic E-state index is 11.9. The first-order valence-corrected chi connectivity index (χ1v) is 5.78. The number of benzene rings is 1. The third-order valence-electron chi connectivity index (χ3n) is 2.89. The van der Waals surface area contributed by atoms with E-state index in [2.05, 4.69) is 0 Å². The first kappa shape index (κ1) is 11.8. The van der Waals surface area contributed by atoms with Crippen molar-refractivity contribution in [3.63, 3.8) is 0 Å². The van der Waals surface area contributed by atoms with Crippen molar-refractivity contribution >= 4 is 11.8 Å². The lowest BCUT2D eigenvalue weighted by Crippen LogP contribution is -2.36. The van der Waals surface area contributed by atoms with Crippen LogP contribution < -0.4 is 0 Å². The van der Waals surface area contributed by atoms with Crippen LogP contribution in [0.1, 0.15) is 40.5 Å². The van der Waals surface area contributed by atoms with Crippen LogP contribution in [-0.2, 0) is 0 Å². The van der Waals surface area contributed by atoms with Gasteiger partial charge in [0.2, 0.25) is 0 Å². The van der Waals surface area contributed by atoms with Crippen molar-refractivity contribution in [2.75, 3.05) is 6.54 Å². The number of carbonyl (C=O) groups excluding carboxylic acids is 2. The molecule has 1 aliphatic rings. The Bertz CT molecular complexity index is 421. The summed E-state index contributed by atoms with van der Waals surface area (Å²) in [5, 5.41) is 9.68. The van der Waals surface area contributed by atoms with Crippen molar-refractivity contribution in [2.24, 2.45) is 0 Å². The molecule has 90 valence electrons. The molecule has 0 radical (unpaired) electrons. The fraction of sp³-hybridized carbons (Fsp3) is 0.385. The number of fused-ring (bicyclic) bond motifs is 1. The lowest BCUT2D eigenvalue weighted by atomic mass is 10.1. The molecule has 1 aromatic rings. The van der Waals surface area contributed by atoms with E-state index < -0.39 is 6.10 Å². The fourth-order valence-electron chi connectivity index (χ4n) is 2.04. The fourth-order valence-corrected chi connectivity index (χ4v) is 2.04. The Balaban J connectivity index is 2.19. The van der Waals surface area contributed by atoms with Gasteiger partial charge in [0.05, 0.1) is 23.8 Å². The van der Waals surface area contributed by atoms with Gasteiger partial charge in [-0.05, 0) is 18.6 Å². The van der Waals surface area contributed by atoms with Gasteiger partial charge in [-0.2, -0.15) is 0 Å². The Kier molecular flexibility index (Phi) is 3.24. The zero-order chi connectivity index (χ0) is 12.4. The van der Waals surface area contributed by atoms with Gasteiger partial charge in [0.25, 0.3) is 11.8 Å². The van der Waals surface area contributed by atoms with Crippen molar-refractivity contribution in [1.29, 1.82) is 0 Å². The molecule has 0 unspecified atom stereocenters. The van der Waals surface area contributed by atoms with E-state index >= 15 is 0 Å². The molecule has 1 heterocycles. The van der Waals surface area contributed by atoms with E-state index in [1.807, 2.05) is 6.92 Å². The number of hydrogen-bond donors (Lipinski definition) is 1. The van der Waals surface area contributed by atoms with E-state index in [1.165, 1.54) is 0 Å². The highest BCUT2D eigenvalue weighted by Crippen LogP contribution is 2.22. The summed E-state index contributed by atoms with van der Waals surface area (Å²) in [6.45, 7) is 2.03. The van der Waals surface area contributed by atoms with Crippen LogP contribution in [0.4, 0.5) is 0 Å². The molecule has 1 aliphatic heterocycles. The summed E-state index contributed by atoms with van der Waals surface area (Å²) >= 11 is 0. The van der Waals surface area contributed by atoms with E-state index in [1.54, 1.807) is 24.3 Å². The highest BCUT2D eigenvalue weighted by atomic mass is 16.3. The summed E-state index contributed by atoms with van der Waals surface area (Å²) in [6.07, 6.45) is 0.778. The van der Waals surface area contributed by atoms with Crippen molar-refractivity contribution in [2.45, 2.75) is 25.9 Å². The molecule has 4 heteroatoms. The molecule has 0 aliphatic carbocycles. The second-order valence-electron chi connectivity index (χ2n) is 4.21. The largest absolute Gasteiger partial charge is 0.391 e. The van der Waals surface area contributed by atoms with E-state index in [0.717, 1.165) is 11.3 Å². The summed E-state index contributed by atoms with van der Waals surface area (Å²) in [7, 11) is 0. The normalized spacial score (nSPS) is 16.2. The van der Waals surface area contributed by atoms with Crippen LogP contribution in [0.25, 0.3) is 0 Å². The molecular formula is C13H15NO3. The molecule has 0 fully saturated rings. The first-order chi connectivity index (χ1) is 8.15. The van der Waals surface area contributed by atoms with E-state index in [9.17, 15) is 14.7 Å². The zero-order valence-electron chi connectivity index (χ0n) is 9.72. The topological polar surface area (TPSA) is 57.6 Å². The van der Waals surface area contributed by atoms with Crippen LogP contribution >= 0.6 is 0 Å². The average Bonchev–Trinajstić information content (AvgIpc) is 2.56. The zero-order valence-corrected chi connectivity index (χ0v) is 9.72. The Hall–Kier alpha value is -1.68. The van der Waals surface area contributed by atoms with Gasteiger partial charge in [-0.1, -0.05) is 25.5 Å². The highest BCUT2D eigenvalue weighted by molar-refractivity contribution is 6.21. The molecule has 1 atom stereocenters. The van der Waals surface area contributed by atoms with Crippen LogP contribution in [0.2, 0.25) is 0 Å². The molecule has 0 bridgehead atoms. The molecule has 1 aromatic carbocycles. The lowest BCUT2D eigenvalue weighted by molar-refractivity contribution is 0.0532. The molecule has 17 heavy (non-hydrogen) atoms. The lowest BCUT2D eigenvalue weighted by Gasteiger charge is -2.17. The summed E-state index contributed by atoms with van der Waals surface area (Å²) < 4.78 is 0. The summed E-state index contributed by atoms with van der Waals surface area (Å²) in [5.41, 5.74) is 0.863. The quantitative estimate of drug-likeness (QED) is 0.801. The second kappa shape index (κ2) is 4.67. The average molecular weight is 233 g/mol. The number of aliphatic hydroxyl groups is 1. The monoisotopic (exact) mass is 233 g/mol. The van der Waals surface area contributed by atoms with Crippen LogP contribution in [0, 0.1) is 0 Å².